The lowest BCUT2D eigenvalue weighted by molar-refractivity contribution is -0.138. The number of esters is 1. The van der Waals surface area contributed by atoms with Gasteiger partial charge in [-0.3, -0.25) is 0 Å². The summed E-state index contributed by atoms with van der Waals surface area (Å²) in [6.07, 6.45) is 6.56. The number of nitriles is 1. The predicted octanol–water partition coefficient (Wildman–Crippen LogP) is 3.12. The summed E-state index contributed by atoms with van der Waals surface area (Å²) in [5, 5.41) is 13.3. The lowest BCUT2D eigenvalue weighted by atomic mass is 10.2. The summed E-state index contributed by atoms with van der Waals surface area (Å²) in [5.41, 5.74) is 1.56. The molecule has 2 aromatic rings. The van der Waals surface area contributed by atoms with Crippen molar-refractivity contribution < 1.29 is 9.53 Å². The zero-order valence-electron chi connectivity index (χ0n) is 12.4. The quantitative estimate of drug-likeness (QED) is 0.355. The van der Waals surface area contributed by atoms with Gasteiger partial charge in [0, 0.05) is 11.8 Å². The van der Waals surface area contributed by atoms with Crippen molar-refractivity contribution in [3.05, 3.63) is 53.9 Å². The molecule has 1 heterocycles. The smallest absolute Gasteiger partial charge is 0.348 e. The number of carbonyl (C=O) groups excluding carboxylic acids is 1. The molecule has 112 valence electrons. The van der Waals surface area contributed by atoms with Crippen molar-refractivity contribution in [3.8, 4) is 11.8 Å². The number of ether oxygens (including phenoxy) is 1. The molecule has 0 radical (unpaired) electrons. The largest absolute Gasteiger partial charge is 0.462 e. The first-order chi connectivity index (χ1) is 10.7. The molecule has 5 nitrogen and oxygen atoms in total. The molecule has 0 aliphatic carbocycles. The average Bonchev–Trinajstić information content (AvgIpc) is 3.02. The van der Waals surface area contributed by atoms with Crippen LogP contribution in [0.3, 0.4) is 0 Å². The minimum Gasteiger partial charge on any atom is -0.462 e. The minimum absolute atomic E-state index is 0.0243. The Kier molecular flexibility index (Phi) is 5.50. The third-order valence-electron chi connectivity index (χ3n) is 3.01. The summed E-state index contributed by atoms with van der Waals surface area (Å²) >= 11 is 0. The normalized spacial score (nSPS) is 11.0. The Bertz CT molecular complexity index is 696. The molecule has 0 unspecified atom stereocenters. The second kappa shape index (κ2) is 7.79. The Morgan fingerprint density at radius 1 is 1.41 bits per heavy atom. The van der Waals surface area contributed by atoms with Gasteiger partial charge in [-0.2, -0.15) is 10.4 Å². The summed E-state index contributed by atoms with van der Waals surface area (Å²) in [4.78, 5) is 11.8. The number of aromatic nitrogens is 2. The van der Waals surface area contributed by atoms with Crippen LogP contribution in [0.1, 0.15) is 25.3 Å². The summed E-state index contributed by atoms with van der Waals surface area (Å²) < 4.78 is 6.73. The summed E-state index contributed by atoms with van der Waals surface area (Å²) in [6.45, 7) is 2.34. The van der Waals surface area contributed by atoms with E-state index in [1.54, 1.807) is 17.1 Å². The van der Waals surface area contributed by atoms with Crippen LogP contribution >= 0.6 is 0 Å². The molecule has 1 aromatic heterocycles. The number of benzene rings is 1. The van der Waals surface area contributed by atoms with Gasteiger partial charge in [0.2, 0.25) is 0 Å². The van der Waals surface area contributed by atoms with E-state index in [9.17, 15) is 4.79 Å². The zero-order valence-corrected chi connectivity index (χ0v) is 12.4. The third-order valence-corrected chi connectivity index (χ3v) is 3.01. The van der Waals surface area contributed by atoms with Gasteiger partial charge in [0.15, 0.2) is 0 Å². The van der Waals surface area contributed by atoms with Gasteiger partial charge < -0.3 is 4.74 Å². The zero-order chi connectivity index (χ0) is 15.8. The standard InChI is InChI=1S/C17H17N3O2/c1-2-3-9-22-17(21)15(11-18)10-14-12-19-20(13-14)16-7-5-4-6-8-16/h4-8,10,12-13H,2-3,9H2,1H3/b15-10+. The predicted molar refractivity (Wildman–Crippen MR) is 83.0 cm³/mol. The van der Waals surface area contributed by atoms with Crippen molar-refractivity contribution in [3.63, 3.8) is 0 Å². The Morgan fingerprint density at radius 2 is 2.18 bits per heavy atom. The minimum atomic E-state index is -0.594. The van der Waals surface area contributed by atoms with Gasteiger partial charge in [-0.1, -0.05) is 31.5 Å². The topological polar surface area (TPSA) is 67.9 Å². The van der Waals surface area contributed by atoms with Gasteiger partial charge in [0.1, 0.15) is 11.6 Å². The van der Waals surface area contributed by atoms with Crippen LogP contribution in [0.5, 0.6) is 0 Å². The molecule has 0 atom stereocenters. The van der Waals surface area contributed by atoms with Crippen LogP contribution in [-0.4, -0.2) is 22.4 Å². The molecule has 0 fully saturated rings. The van der Waals surface area contributed by atoms with Gasteiger partial charge in [-0.15, -0.1) is 0 Å². The molecule has 22 heavy (non-hydrogen) atoms. The maximum Gasteiger partial charge on any atom is 0.348 e. The van der Waals surface area contributed by atoms with Gasteiger partial charge in [0.25, 0.3) is 0 Å². The number of nitrogens with zero attached hydrogens (tertiary/aromatic N) is 3. The van der Waals surface area contributed by atoms with Crippen LogP contribution < -0.4 is 0 Å². The van der Waals surface area contributed by atoms with Gasteiger partial charge in [-0.05, 0) is 24.6 Å². The summed E-state index contributed by atoms with van der Waals surface area (Å²) in [5.74, 6) is -0.594. The van der Waals surface area contributed by atoms with E-state index >= 15 is 0 Å². The van der Waals surface area contributed by atoms with E-state index < -0.39 is 5.97 Å². The average molecular weight is 295 g/mol. The highest BCUT2D eigenvalue weighted by atomic mass is 16.5. The lowest BCUT2D eigenvalue weighted by Crippen LogP contribution is -2.07. The Balaban J connectivity index is 2.12. The summed E-state index contributed by atoms with van der Waals surface area (Å²) in [6, 6.07) is 11.5. The van der Waals surface area contributed by atoms with Crippen molar-refractivity contribution in [2.75, 3.05) is 6.61 Å². The fraction of sp³-hybridized carbons (Fsp3) is 0.235. The monoisotopic (exact) mass is 295 g/mol. The highest BCUT2D eigenvalue weighted by Gasteiger charge is 2.11. The van der Waals surface area contributed by atoms with E-state index in [2.05, 4.69) is 5.10 Å². The Morgan fingerprint density at radius 3 is 2.86 bits per heavy atom. The fourth-order valence-electron chi connectivity index (χ4n) is 1.82. The first kappa shape index (κ1) is 15.5. The molecule has 2 rings (SSSR count). The first-order valence-corrected chi connectivity index (χ1v) is 7.13. The number of hydrogen-bond acceptors (Lipinski definition) is 4. The van der Waals surface area contributed by atoms with Crippen LogP contribution in [0.2, 0.25) is 0 Å². The van der Waals surface area contributed by atoms with Crippen molar-refractivity contribution in [2.24, 2.45) is 0 Å². The van der Waals surface area contributed by atoms with Gasteiger partial charge in [-0.25, -0.2) is 9.48 Å². The maximum atomic E-state index is 11.8. The highest BCUT2D eigenvalue weighted by molar-refractivity contribution is 5.97. The van der Waals surface area contributed by atoms with Crippen LogP contribution in [0, 0.1) is 11.3 Å². The number of carbonyl (C=O) groups is 1. The van der Waals surface area contributed by atoms with E-state index in [0.717, 1.165) is 18.5 Å². The van der Waals surface area contributed by atoms with E-state index in [-0.39, 0.29) is 5.57 Å². The molecule has 5 heteroatoms. The molecular formula is C17H17N3O2. The molecule has 0 amide bonds. The molecule has 0 bridgehead atoms. The van der Waals surface area contributed by atoms with Crippen molar-refractivity contribution in [1.29, 1.82) is 5.26 Å². The molecule has 0 aliphatic heterocycles. The van der Waals surface area contributed by atoms with Gasteiger partial charge >= 0.3 is 5.97 Å². The lowest BCUT2D eigenvalue weighted by Gasteiger charge is -2.01. The molecule has 0 spiro atoms. The maximum absolute atomic E-state index is 11.8. The van der Waals surface area contributed by atoms with Crippen LogP contribution in [0.4, 0.5) is 0 Å². The number of hydrogen-bond donors (Lipinski definition) is 0. The molecular weight excluding hydrogens is 278 g/mol. The van der Waals surface area contributed by atoms with E-state index in [1.807, 2.05) is 43.3 Å². The molecule has 1 aromatic carbocycles. The summed E-state index contributed by atoms with van der Waals surface area (Å²) in [7, 11) is 0. The second-order valence-corrected chi connectivity index (χ2v) is 4.71. The van der Waals surface area contributed by atoms with Gasteiger partial charge in [0.05, 0.1) is 18.5 Å². The Labute approximate surface area is 129 Å². The first-order valence-electron chi connectivity index (χ1n) is 7.13. The fourth-order valence-corrected chi connectivity index (χ4v) is 1.82. The highest BCUT2D eigenvalue weighted by Crippen LogP contribution is 2.11. The number of para-hydroxylation sites is 1. The van der Waals surface area contributed by atoms with Crippen molar-refractivity contribution in [1.82, 2.24) is 9.78 Å². The van der Waals surface area contributed by atoms with Crippen LogP contribution in [0.25, 0.3) is 11.8 Å². The van der Waals surface area contributed by atoms with E-state index in [1.165, 1.54) is 6.08 Å². The molecule has 0 aliphatic rings. The number of rotatable bonds is 6. The van der Waals surface area contributed by atoms with Crippen molar-refractivity contribution in [2.45, 2.75) is 19.8 Å². The number of unbranched alkanes of at least 4 members (excludes halogenated alkanes) is 1. The molecule has 0 N–H and O–H groups in total. The van der Waals surface area contributed by atoms with Crippen LogP contribution in [0.15, 0.2) is 48.3 Å². The second-order valence-electron chi connectivity index (χ2n) is 4.71. The molecule has 0 saturated carbocycles. The van der Waals surface area contributed by atoms with Crippen LogP contribution in [-0.2, 0) is 9.53 Å². The van der Waals surface area contributed by atoms with E-state index in [0.29, 0.717) is 12.2 Å². The van der Waals surface area contributed by atoms with Crippen molar-refractivity contribution >= 4 is 12.0 Å². The molecule has 0 saturated heterocycles. The Hall–Kier alpha value is -2.87. The SMILES string of the molecule is CCCCOC(=O)/C(C#N)=C/c1cnn(-c2ccccc2)c1. The van der Waals surface area contributed by atoms with E-state index in [4.69, 9.17) is 10.00 Å². The third kappa shape index (κ3) is 4.06.